The van der Waals surface area contributed by atoms with Crippen LogP contribution in [0.3, 0.4) is 0 Å². The van der Waals surface area contributed by atoms with Crippen LogP contribution in [0.25, 0.3) is 0 Å². The molecule has 4 nitrogen and oxygen atoms in total. The molecule has 1 aromatic rings. The number of carbonyl (C=O) groups is 1. The normalized spacial score (nSPS) is 10.3. The van der Waals surface area contributed by atoms with E-state index >= 15 is 0 Å². The first-order valence-corrected chi connectivity index (χ1v) is 6.67. The average molecular weight is 320 g/mol. The zero-order valence-electron chi connectivity index (χ0n) is 9.79. The number of ether oxygens (including phenoxy) is 1. The van der Waals surface area contributed by atoms with E-state index in [9.17, 15) is 14.3 Å². The van der Waals surface area contributed by atoms with Crippen molar-refractivity contribution >= 4 is 21.8 Å². The van der Waals surface area contributed by atoms with Crippen molar-refractivity contribution in [1.82, 2.24) is 5.32 Å². The van der Waals surface area contributed by atoms with Crippen molar-refractivity contribution in [3.05, 3.63) is 29.6 Å². The number of rotatable bonds is 7. The number of amides is 1. The minimum absolute atomic E-state index is 0.0674. The summed E-state index contributed by atoms with van der Waals surface area (Å²) in [6, 6.07) is 3.29. The van der Waals surface area contributed by atoms with E-state index in [0.717, 1.165) is 17.5 Å². The van der Waals surface area contributed by atoms with Gasteiger partial charge in [0.05, 0.1) is 12.2 Å². The van der Waals surface area contributed by atoms with Crippen molar-refractivity contribution < 1.29 is 19.0 Å². The van der Waals surface area contributed by atoms with Gasteiger partial charge in [0.2, 0.25) is 0 Å². The number of nitrogens with one attached hydrogen (secondary N) is 1. The molecule has 0 radical (unpaired) electrons. The third-order valence-electron chi connectivity index (χ3n) is 2.18. The van der Waals surface area contributed by atoms with Gasteiger partial charge in [0, 0.05) is 24.5 Å². The second-order valence-electron chi connectivity index (χ2n) is 3.57. The van der Waals surface area contributed by atoms with Gasteiger partial charge >= 0.3 is 0 Å². The molecule has 0 aromatic heterocycles. The zero-order chi connectivity index (χ0) is 13.4. The van der Waals surface area contributed by atoms with Gasteiger partial charge in [-0.25, -0.2) is 4.39 Å². The maximum atomic E-state index is 12.7. The summed E-state index contributed by atoms with van der Waals surface area (Å²) in [6.45, 7) is 1.63. The predicted octanol–water partition coefficient (Wildman–Crippen LogP) is 2.06. The summed E-state index contributed by atoms with van der Waals surface area (Å²) in [5.41, 5.74) is 0.0674. The Kier molecular flexibility index (Phi) is 6.67. The van der Waals surface area contributed by atoms with Gasteiger partial charge in [-0.1, -0.05) is 15.9 Å². The summed E-state index contributed by atoms with van der Waals surface area (Å²) in [5.74, 6) is -1.36. The lowest BCUT2D eigenvalue weighted by atomic mass is 10.2. The van der Waals surface area contributed by atoms with Crippen molar-refractivity contribution in [3.63, 3.8) is 0 Å². The minimum Gasteiger partial charge on any atom is -0.507 e. The highest BCUT2D eigenvalue weighted by Gasteiger charge is 2.10. The van der Waals surface area contributed by atoms with E-state index in [0.29, 0.717) is 26.2 Å². The molecule has 2 N–H and O–H groups in total. The predicted molar refractivity (Wildman–Crippen MR) is 69.6 cm³/mol. The summed E-state index contributed by atoms with van der Waals surface area (Å²) in [7, 11) is 0. The molecule has 0 heterocycles. The quantitative estimate of drug-likeness (QED) is 0.597. The first kappa shape index (κ1) is 14.9. The number of phenolic OH excluding ortho intramolecular Hbond substituents is 1. The van der Waals surface area contributed by atoms with Crippen molar-refractivity contribution in [2.24, 2.45) is 0 Å². The van der Waals surface area contributed by atoms with E-state index in [-0.39, 0.29) is 11.3 Å². The number of hydrogen-bond donors (Lipinski definition) is 2. The number of carbonyl (C=O) groups excluding carboxylic acids is 1. The number of hydrogen-bond acceptors (Lipinski definition) is 3. The summed E-state index contributed by atoms with van der Waals surface area (Å²) in [5, 5.41) is 12.8. The summed E-state index contributed by atoms with van der Waals surface area (Å²) in [4.78, 5) is 11.6. The van der Waals surface area contributed by atoms with Gasteiger partial charge < -0.3 is 15.2 Å². The standard InChI is InChI=1S/C12H15BrFNO3/c13-4-7-18-6-1-5-15-12(17)10-3-2-9(14)8-11(10)16/h2-3,8,16H,1,4-7H2,(H,15,17). The second kappa shape index (κ2) is 8.05. The topological polar surface area (TPSA) is 58.6 Å². The summed E-state index contributed by atoms with van der Waals surface area (Å²) >= 11 is 3.23. The maximum Gasteiger partial charge on any atom is 0.255 e. The Hall–Kier alpha value is -1.14. The maximum absolute atomic E-state index is 12.7. The van der Waals surface area contributed by atoms with Crippen LogP contribution in [0.4, 0.5) is 4.39 Å². The minimum atomic E-state index is -0.577. The Morgan fingerprint density at radius 2 is 2.22 bits per heavy atom. The molecule has 100 valence electrons. The van der Waals surface area contributed by atoms with Crippen LogP contribution in [0, 0.1) is 5.82 Å². The lowest BCUT2D eigenvalue weighted by molar-refractivity contribution is 0.0942. The van der Waals surface area contributed by atoms with Crippen LogP contribution in [0.5, 0.6) is 5.75 Å². The highest BCUT2D eigenvalue weighted by Crippen LogP contribution is 2.17. The Bertz CT molecular complexity index is 401. The largest absolute Gasteiger partial charge is 0.507 e. The van der Waals surface area contributed by atoms with E-state index < -0.39 is 11.7 Å². The third-order valence-corrected chi connectivity index (χ3v) is 2.50. The molecule has 0 spiro atoms. The smallest absolute Gasteiger partial charge is 0.255 e. The van der Waals surface area contributed by atoms with Gasteiger partial charge in [0.1, 0.15) is 11.6 Å². The van der Waals surface area contributed by atoms with Crippen molar-refractivity contribution in [2.75, 3.05) is 25.1 Å². The molecular weight excluding hydrogens is 305 g/mol. The van der Waals surface area contributed by atoms with Gasteiger partial charge in [0.25, 0.3) is 5.91 Å². The van der Waals surface area contributed by atoms with Crippen molar-refractivity contribution in [2.45, 2.75) is 6.42 Å². The molecule has 0 unspecified atom stereocenters. The molecule has 0 saturated heterocycles. The molecule has 0 bridgehead atoms. The van der Waals surface area contributed by atoms with E-state index in [1.807, 2.05) is 0 Å². The van der Waals surface area contributed by atoms with E-state index in [1.165, 1.54) is 6.07 Å². The highest BCUT2D eigenvalue weighted by molar-refractivity contribution is 9.09. The van der Waals surface area contributed by atoms with Crippen LogP contribution in [0.2, 0.25) is 0 Å². The molecule has 0 fully saturated rings. The van der Waals surface area contributed by atoms with Crippen LogP contribution in [-0.4, -0.2) is 36.1 Å². The second-order valence-corrected chi connectivity index (χ2v) is 4.37. The van der Waals surface area contributed by atoms with Crippen molar-refractivity contribution in [1.29, 1.82) is 0 Å². The Balaban J connectivity index is 2.32. The number of benzene rings is 1. The number of phenols is 1. The molecule has 0 aliphatic carbocycles. The SMILES string of the molecule is O=C(NCCCOCCBr)c1ccc(F)cc1O. The Morgan fingerprint density at radius 1 is 1.44 bits per heavy atom. The number of alkyl halides is 1. The first-order valence-electron chi connectivity index (χ1n) is 5.55. The fourth-order valence-electron chi connectivity index (χ4n) is 1.32. The van der Waals surface area contributed by atoms with Gasteiger partial charge in [-0.05, 0) is 18.6 Å². The van der Waals surface area contributed by atoms with Gasteiger partial charge in [-0.15, -0.1) is 0 Å². The summed E-state index contributed by atoms with van der Waals surface area (Å²) < 4.78 is 17.9. The zero-order valence-corrected chi connectivity index (χ0v) is 11.4. The van der Waals surface area contributed by atoms with Crippen LogP contribution in [-0.2, 0) is 4.74 Å². The molecule has 0 aliphatic heterocycles. The third kappa shape index (κ3) is 5.01. The molecule has 1 amide bonds. The number of halogens is 2. The van der Waals surface area contributed by atoms with Gasteiger partial charge in [0.15, 0.2) is 0 Å². The Labute approximate surface area is 113 Å². The highest BCUT2D eigenvalue weighted by atomic mass is 79.9. The lowest BCUT2D eigenvalue weighted by Gasteiger charge is -2.07. The number of aromatic hydroxyl groups is 1. The van der Waals surface area contributed by atoms with E-state index in [4.69, 9.17) is 4.74 Å². The molecule has 0 aliphatic rings. The van der Waals surface area contributed by atoms with Gasteiger partial charge in [-0.3, -0.25) is 4.79 Å². The molecule has 1 aromatic carbocycles. The molecule has 18 heavy (non-hydrogen) atoms. The summed E-state index contributed by atoms with van der Waals surface area (Å²) in [6.07, 6.45) is 0.681. The van der Waals surface area contributed by atoms with Crippen LogP contribution >= 0.6 is 15.9 Å². The molecular formula is C12H15BrFNO3. The van der Waals surface area contributed by atoms with E-state index in [2.05, 4.69) is 21.2 Å². The van der Waals surface area contributed by atoms with E-state index in [1.54, 1.807) is 0 Å². The average Bonchev–Trinajstić information content (AvgIpc) is 2.33. The molecule has 6 heteroatoms. The van der Waals surface area contributed by atoms with Gasteiger partial charge in [-0.2, -0.15) is 0 Å². The molecule has 1 rings (SSSR count). The van der Waals surface area contributed by atoms with Crippen LogP contribution in [0.15, 0.2) is 18.2 Å². The fourth-order valence-corrected chi connectivity index (χ4v) is 1.55. The first-order chi connectivity index (χ1) is 8.65. The lowest BCUT2D eigenvalue weighted by Crippen LogP contribution is -2.25. The van der Waals surface area contributed by atoms with Crippen LogP contribution < -0.4 is 5.32 Å². The molecule has 0 saturated carbocycles. The Morgan fingerprint density at radius 3 is 2.89 bits per heavy atom. The fraction of sp³-hybridized carbons (Fsp3) is 0.417. The molecule has 0 atom stereocenters. The monoisotopic (exact) mass is 319 g/mol. The van der Waals surface area contributed by atoms with Crippen LogP contribution in [0.1, 0.15) is 16.8 Å². The van der Waals surface area contributed by atoms with Crippen molar-refractivity contribution in [3.8, 4) is 5.75 Å².